The Morgan fingerprint density at radius 2 is 0.797 bits per heavy atom. The molecule has 0 spiro atoms. The number of carbonyl (C=O) groups is 2. The van der Waals surface area contributed by atoms with E-state index < -0.39 is 12.1 Å². The van der Waals surface area contributed by atoms with Gasteiger partial charge in [-0.15, -0.1) is 0 Å². The number of unbranched alkanes of at least 4 members (excludes halogenated alkanes) is 33. The zero-order valence-electron chi connectivity index (χ0n) is 39.5. The first-order chi connectivity index (χ1) is 29.0. The average Bonchev–Trinajstić information content (AvgIpc) is 3.24. The summed E-state index contributed by atoms with van der Waals surface area (Å²) in [6, 6.07) is -0.544. The summed E-state index contributed by atoms with van der Waals surface area (Å²) in [6.07, 6.45) is 57.3. The summed E-state index contributed by atoms with van der Waals surface area (Å²) in [6.45, 7) is 4.89. The van der Waals surface area contributed by atoms with E-state index >= 15 is 0 Å². The van der Waals surface area contributed by atoms with Gasteiger partial charge in [0.05, 0.1) is 25.4 Å². The van der Waals surface area contributed by atoms with Gasteiger partial charge in [0.1, 0.15) is 0 Å². The van der Waals surface area contributed by atoms with Crippen LogP contribution in [0.1, 0.15) is 277 Å². The van der Waals surface area contributed by atoms with Gasteiger partial charge in [-0.2, -0.15) is 0 Å². The van der Waals surface area contributed by atoms with Crippen molar-refractivity contribution in [2.45, 2.75) is 289 Å². The molecule has 6 nitrogen and oxygen atoms in total. The fourth-order valence-corrected chi connectivity index (χ4v) is 7.92. The highest BCUT2D eigenvalue weighted by molar-refractivity contribution is 5.76. The van der Waals surface area contributed by atoms with Gasteiger partial charge in [-0.3, -0.25) is 9.59 Å². The SMILES string of the molecule is CCCCC/C=C\CCCCCCCC(=O)OCCCCCCCCCCCC/C=C\CCCCCCCCCC(=O)NC(CO)C(O)CCCCCCCCCCC. The molecule has 0 rings (SSSR count). The number of esters is 1. The monoisotopic (exact) mass is 832 g/mol. The quantitative estimate of drug-likeness (QED) is 0.0322. The topological polar surface area (TPSA) is 95.9 Å². The van der Waals surface area contributed by atoms with Crippen LogP contribution in [-0.4, -0.2) is 47.4 Å². The third-order valence-corrected chi connectivity index (χ3v) is 12.0. The third kappa shape index (κ3) is 45.7. The Morgan fingerprint density at radius 1 is 0.458 bits per heavy atom. The van der Waals surface area contributed by atoms with E-state index in [0.717, 1.165) is 44.9 Å². The minimum atomic E-state index is -0.666. The molecule has 0 aliphatic heterocycles. The molecule has 0 saturated heterocycles. The van der Waals surface area contributed by atoms with Crippen molar-refractivity contribution in [3.63, 3.8) is 0 Å². The number of ether oxygens (including phenoxy) is 1. The van der Waals surface area contributed by atoms with Crippen LogP contribution in [0, 0.1) is 0 Å². The van der Waals surface area contributed by atoms with Crippen LogP contribution < -0.4 is 5.32 Å². The Morgan fingerprint density at radius 3 is 1.24 bits per heavy atom. The van der Waals surface area contributed by atoms with Gasteiger partial charge in [0, 0.05) is 12.8 Å². The molecule has 2 unspecified atom stereocenters. The van der Waals surface area contributed by atoms with E-state index in [1.165, 1.54) is 199 Å². The predicted octanol–water partition coefficient (Wildman–Crippen LogP) is 15.5. The Hall–Kier alpha value is -1.66. The van der Waals surface area contributed by atoms with Gasteiger partial charge < -0.3 is 20.3 Å². The van der Waals surface area contributed by atoms with Gasteiger partial charge in [-0.05, 0) is 77.0 Å². The van der Waals surface area contributed by atoms with E-state index in [1.807, 2.05) is 0 Å². The molecule has 0 aliphatic carbocycles. The molecule has 59 heavy (non-hydrogen) atoms. The van der Waals surface area contributed by atoms with Crippen molar-refractivity contribution in [2.75, 3.05) is 13.2 Å². The largest absolute Gasteiger partial charge is 0.466 e. The molecule has 0 bridgehead atoms. The lowest BCUT2D eigenvalue weighted by atomic mass is 10.0. The lowest BCUT2D eigenvalue weighted by Gasteiger charge is -2.22. The number of aliphatic hydroxyl groups is 2. The standard InChI is InChI=1S/C53H101NO5/c1-3-5-7-9-11-13-14-27-31-35-39-43-47-53(58)59-48-44-40-36-32-28-25-23-21-19-17-15-16-18-20-22-24-26-30-34-38-42-46-52(57)54-50(49-55)51(56)45-41-37-33-29-12-10-8-6-4-2/h11,13,16,18,50-51,55-56H,3-10,12,14-15,17,19-49H2,1-2H3,(H,54,57)/b13-11-,18-16-. The van der Waals surface area contributed by atoms with Crippen LogP contribution in [0.25, 0.3) is 0 Å². The van der Waals surface area contributed by atoms with Gasteiger partial charge in [-0.1, -0.05) is 212 Å². The molecule has 0 aromatic carbocycles. The van der Waals surface area contributed by atoms with Gasteiger partial charge in [0.15, 0.2) is 0 Å². The molecule has 0 aliphatic rings. The molecule has 0 fully saturated rings. The van der Waals surface area contributed by atoms with E-state index in [4.69, 9.17) is 4.74 Å². The second kappa shape index (κ2) is 49.0. The Kier molecular flexibility index (Phi) is 47.6. The summed E-state index contributed by atoms with van der Waals surface area (Å²) in [5, 5.41) is 23.1. The molecule has 0 saturated carbocycles. The summed E-state index contributed by atoms with van der Waals surface area (Å²) >= 11 is 0. The summed E-state index contributed by atoms with van der Waals surface area (Å²) in [5.41, 5.74) is 0. The van der Waals surface area contributed by atoms with Gasteiger partial charge in [0.2, 0.25) is 5.91 Å². The second-order valence-corrected chi connectivity index (χ2v) is 17.8. The van der Waals surface area contributed by atoms with Crippen LogP contribution >= 0.6 is 0 Å². The second-order valence-electron chi connectivity index (χ2n) is 17.8. The Labute approximate surface area is 367 Å². The van der Waals surface area contributed by atoms with E-state index in [-0.39, 0.29) is 18.5 Å². The van der Waals surface area contributed by atoms with Crippen molar-refractivity contribution in [3.8, 4) is 0 Å². The van der Waals surface area contributed by atoms with Crippen molar-refractivity contribution in [2.24, 2.45) is 0 Å². The van der Waals surface area contributed by atoms with Crippen LogP contribution in [0.3, 0.4) is 0 Å². The molecule has 0 heterocycles. The van der Waals surface area contributed by atoms with E-state index in [9.17, 15) is 19.8 Å². The number of amides is 1. The van der Waals surface area contributed by atoms with Crippen LogP contribution in [0.4, 0.5) is 0 Å². The minimum absolute atomic E-state index is 0.00239. The highest BCUT2D eigenvalue weighted by atomic mass is 16.5. The fraction of sp³-hybridized carbons (Fsp3) is 0.887. The molecule has 0 aromatic heterocycles. The Bertz CT molecular complexity index is 920. The highest BCUT2D eigenvalue weighted by Gasteiger charge is 2.20. The normalized spacial score (nSPS) is 12.8. The minimum Gasteiger partial charge on any atom is -0.466 e. The number of rotatable bonds is 48. The summed E-state index contributed by atoms with van der Waals surface area (Å²) in [5.74, 6) is -0.0480. The summed E-state index contributed by atoms with van der Waals surface area (Å²) in [4.78, 5) is 24.4. The molecular weight excluding hydrogens is 731 g/mol. The Balaban J connectivity index is 3.41. The number of hydrogen-bond donors (Lipinski definition) is 3. The molecule has 2 atom stereocenters. The fourth-order valence-electron chi connectivity index (χ4n) is 7.92. The van der Waals surface area contributed by atoms with Crippen LogP contribution in [0.2, 0.25) is 0 Å². The number of allylic oxidation sites excluding steroid dienone is 4. The molecule has 1 amide bonds. The van der Waals surface area contributed by atoms with Crippen molar-refractivity contribution in [1.29, 1.82) is 0 Å². The van der Waals surface area contributed by atoms with Gasteiger partial charge >= 0.3 is 5.97 Å². The number of hydrogen-bond acceptors (Lipinski definition) is 5. The molecule has 348 valence electrons. The predicted molar refractivity (Wildman–Crippen MR) is 255 cm³/mol. The molecular formula is C53H101NO5. The molecule has 6 heteroatoms. The van der Waals surface area contributed by atoms with Crippen LogP contribution in [0.15, 0.2) is 24.3 Å². The van der Waals surface area contributed by atoms with Crippen molar-refractivity contribution in [1.82, 2.24) is 5.32 Å². The average molecular weight is 832 g/mol. The molecule has 0 radical (unpaired) electrons. The molecule has 3 N–H and O–H groups in total. The first kappa shape index (κ1) is 57.3. The van der Waals surface area contributed by atoms with E-state index in [2.05, 4.69) is 43.5 Å². The highest BCUT2D eigenvalue weighted by Crippen LogP contribution is 2.16. The number of aliphatic hydroxyl groups excluding tert-OH is 2. The zero-order chi connectivity index (χ0) is 43.0. The van der Waals surface area contributed by atoms with E-state index in [1.54, 1.807) is 0 Å². The van der Waals surface area contributed by atoms with Gasteiger partial charge in [-0.25, -0.2) is 0 Å². The van der Waals surface area contributed by atoms with Gasteiger partial charge in [0.25, 0.3) is 0 Å². The maximum Gasteiger partial charge on any atom is 0.305 e. The lowest BCUT2D eigenvalue weighted by molar-refractivity contribution is -0.143. The maximum atomic E-state index is 12.4. The molecule has 0 aromatic rings. The number of nitrogens with one attached hydrogen (secondary N) is 1. The van der Waals surface area contributed by atoms with Crippen molar-refractivity contribution >= 4 is 11.9 Å². The van der Waals surface area contributed by atoms with Crippen LogP contribution in [0.5, 0.6) is 0 Å². The third-order valence-electron chi connectivity index (χ3n) is 12.0. The summed E-state index contributed by atoms with van der Waals surface area (Å²) in [7, 11) is 0. The van der Waals surface area contributed by atoms with Crippen molar-refractivity contribution in [3.05, 3.63) is 24.3 Å². The first-order valence-electron chi connectivity index (χ1n) is 26.1. The summed E-state index contributed by atoms with van der Waals surface area (Å²) < 4.78 is 5.45. The number of carbonyl (C=O) groups excluding carboxylic acids is 2. The maximum absolute atomic E-state index is 12.4. The zero-order valence-corrected chi connectivity index (χ0v) is 39.5. The first-order valence-corrected chi connectivity index (χ1v) is 26.1. The van der Waals surface area contributed by atoms with E-state index in [0.29, 0.717) is 25.9 Å². The lowest BCUT2D eigenvalue weighted by Crippen LogP contribution is -2.45. The smallest absolute Gasteiger partial charge is 0.305 e. The van der Waals surface area contributed by atoms with Crippen LogP contribution in [-0.2, 0) is 14.3 Å². The van der Waals surface area contributed by atoms with Crippen molar-refractivity contribution < 1.29 is 24.5 Å².